The highest BCUT2D eigenvalue weighted by Gasteiger charge is 2.26. The molecule has 1 fully saturated rings. The fourth-order valence-electron chi connectivity index (χ4n) is 4.47. The first kappa shape index (κ1) is 22.8. The van der Waals surface area contributed by atoms with E-state index in [1.54, 1.807) is 0 Å². The molecule has 0 atom stereocenters. The molecule has 0 spiro atoms. The molecule has 0 aliphatic carbocycles. The minimum atomic E-state index is 0.0395. The molecular formula is C28H31N5O2. The largest absolute Gasteiger partial charge is 0.489 e. The van der Waals surface area contributed by atoms with Gasteiger partial charge in [0.05, 0.1) is 11.3 Å². The summed E-state index contributed by atoms with van der Waals surface area (Å²) in [6.45, 7) is 7.50. The quantitative estimate of drug-likeness (QED) is 0.402. The smallest absolute Gasteiger partial charge is 0.256 e. The molecule has 2 aromatic carbocycles. The van der Waals surface area contributed by atoms with Crippen LogP contribution >= 0.6 is 0 Å². The molecule has 0 unspecified atom stereocenters. The first-order chi connectivity index (χ1) is 17.1. The molecule has 0 radical (unpaired) electrons. The van der Waals surface area contributed by atoms with Gasteiger partial charge in [-0.25, -0.2) is 4.98 Å². The number of aromatic amines is 1. The van der Waals surface area contributed by atoms with Crippen molar-refractivity contribution in [3.05, 3.63) is 84.2 Å². The number of nitrogens with one attached hydrogen (secondary N) is 2. The lowest BCUT2D eigenvalue weighted by Crippen LogP contribution is -2.49. The number of carbonyl (C=O) groups excluding carboxylic acids is 1. The van der Waals surface area contributed by atoms with Crippen LogP contribution in [0.15, 0.2) is 73.1 Å². The monoisotopic (exact) mass is 469 g/mol. The Balaban J connectivity index is 1.27. The summed E-state index contributed by atoms with van der Waals surface area (Å²) in [4.78, 5) is 25.5. The summed E-state index contributed by atoms with van der Waals surface area (Å²) in [6.07, 6.45) is 3.63. The minimum Gasteiger partial charge on any atom is -0.489 e. The molecule has 1 amide bonds. The second-order valence-electron chi connectivity index (χ2n) is 9.14. The van der Waals surface area contributed by atoms with Crippen molar-refractivity contribution in [3.63, 3.8) is 0 Å². The van der Waals surface area contributed by atoms with Crippen LogP contribution in [0.5, 0.6) is 5.75 Å². The number of piperazine rings is 1. The van der Waals surface area contributed by atoms with Crippen LogP contribution in [0.4, 0.5) is 11.5 Å². The van der Waals surface area contributed by atoms with Crippen LogP contribution < -0.4 is 15.0 Å². The van der Waals surface area contributed by atoms with Gasteiger partial charge in [-0.15, -0.1) is 0 Å². The maximum atomic E-state index is 13.4. The zero-order valence-corrected chi connectivity index (χ0v) is 20.2. The highest BCUT2D eigenvalue weighted by atomic mass is 16.5. The van der Waals surface area contributed by atoms with E-state index >= 15 is 0 Å². The van der Waals surface area contributed by atoms with Crippen LogP contribution in [0.3, 0.4) is 0 Å². The standard InChI is InChI=1S/C28H31N5O2/c1-20(2)31-26-9-6-12-29-27(26)32-13-15-33(16-14-32)28(34)24-18-30-25-11-10-22(17-23(24)25)35-19-21-7-4-3-5-8-21/h3-12,17-18,20,30-31H,13-16,19H2,1-2H3. The molecule has 4 aromatic rings. The third kappa shape index (κ3) is 5.09. The van der Waals surface area contributed by atoms with E-state index in [9.17, 15) is 4.79 Å². The van der Waals surface area contributed by atoms with E-state index in [2.05, 4.69) is 40.1 Å². The van der Waals surface area contributed by atoms with Gasteiger partial charge < -0.3 is 24.8 Å². The van der Waals surface area contributed by atoms with Crippen molar-refractivity contribution in [3.8, 4) is 5.75 Å². The van der Waals surface area contributed by atoms with Crippen molar-refractivity contribution in [2.75, 3.05) is 36.4 Å². The van der Waals surface area contributed by atoms with Gasteiger partial charge in [0.1, 0.15) is 12.4 Å². The van der Waals surface area contributed by atoms with Crippen LogP contribution in [-0.2, 0) is 6.61 Å². The van der Waals surface area contributed by atoms with Crippen LogP contribution in [-0.4, -0.2) is 53.0 Å². The Morgan fingerprint density at radius 1 is 1.06 bits per heavy atom. The summed E-state index contributed by atoms with van der Waals surface area (Å²) in [6, 6.07) is 20.3. The average Bonchev–Trinajstić information content (AvgIpc) is 3.31. The zero-order chi connectivity index (χ0) is 24.2. The number of ether oxygens (including phenoxy) is 1. The van der Waals surface area contributed by atoms with E-state index in [1.807, 2.05) is 71.9 Å². The van der Waals surface area contributed by atoms with Gasteiger partial charge in [-0.05, 0) is 49.7 Å². The average molecular weight is 470 g/mol. The maximum Gasteiger partial charge on any atom is 0.256 e. The number of fused-ring (bicyclic) bond motifs is 1. The van der Waals surface area contributed by atoms with Gasteiger partial charge in [-0.2, -0.15) is 0 Å². The second-order valence-corrected chi connectivity index (χ2v) is 9.14. The number of benzene rings is 2. The van der Waals surface area contributed by atoms with Crippen molar-refractivity contribution in [2.24, 2.45) is 0 Å². The van der Waals surface area contributed by atoms with E-state index in [1.165, 1.54) is 0 Å². The molecule has 35 heavy (non-hydrogen) atoms. The molecule has 7 nitrogen and oxygen atoms in total. The Labute approximate surface area is 205 Å². The predicted molar refractivity (Wildman–Crippen MR) is 140 cm³/mol. The lowest BCUT2D eigenvalue weighted by Gasteiger charge is -2.36. The molecule has 0 saturated carbocycles. The van der Waals surface area contributed by atoms with Crippen molar-refractivity contribution < 1.29 is 9.53 Å². The zero-order valence-electron chi connectivity index (χ0n) is 20.2. The van der Waals surface area contributed by atoms with Gasteiger partial charge >= 0.3 is 0 Å². The van der Waals surface area contributed by atoms with Crippen molar-refractivity contribution in [2.45, 2.75) is 26.5 Å². The van der Waals surface area contributed by atoms with E-state index < -0.39 is 0 Å². The first-order valence-electron chi connectivity index (χ1n) is 12.1. The number of pyridine rings is 1. The highest BCUT2D eigenvalue weighted by Crippen LogP contribution is 2.28. The van der Waals surface area contributed by atoms with E-state index in [0.29, 0.717) is 31.3 Å². The maximum absolute atomic E-state index is 13.4. The Hall–Kier alpha value is -4.00. The van der Waals surface area contributed by atoms with Crippen LogP contribution in [0.25, 0.3) is 10.9 Å². The third-order valence-corrected chi connectivity index (χ3v) is 6.23. The summed E-state index contributed by atoms with van der Waals surface area (Å²) in [5.74, 6) is 1.73. The summed E-state index contributed by atoms with van der Waals surface area (Å²) >= 11 is 0. The Bertz CT molecular complexity index is 1290. The summed E-state index contributed by atoms with van der Waals surface area (Å²) in [5.41, 5.74) is 3.74. The molecule has 1 saturated heterocycles. The fourth-order valence-corrected chi connectivity index (χ4v) is 4.47. The molecule has 180 valence electrons. The van der Waals surface area contributed by atoms with Gasteiger partial charge in [0.25, 0.3) is 5.91 Å². The van der Waals surface area contributed by atoms with Crippen LogP contribution in [0.2, 0.25) is 0 Å². The normalized spacial score (nSPS) is 13.9. The molecule has 2 N–H and O–H groups in total. The minimum absolute atomic E-state index is 0.0395. The SMILES string of the molecule is CC(C)Nc1cccnc1N1CCN(C(=O)c2c[nH]c3ccc(OCc4ccccc4)cc23)CC1. The lowest BCUT2D eigenvalue weighted by atomic mass is 10.1. The number of carbonyl (C=O) groups is 1. The van der Waals surface area contributed by atoms with E-state index in [4.69, 9.17) is 4.74 Å². The van der Waals surface area contributed by atoms with Gasteiger partial charge in [0.2, 0.25) is 0 Å². The Kier molecular flexibility index (Phi) is 6.57. The molecule has 0 bridgehead atoms. The molecule has 5 rings (SSSR count). The summed E-state index contributed by atoms with van der Waals surface area (Å²) < 4.78 is 5.99. The number of anilines is 2. The van der Waals surface area contributed by atoms with Crippen molar-refractivity contribution >= 4 is 28.3 Å². The Morgan fingerprint density at radius 2 is 1.86 bits per heavy atom. The van der Waals surface area contributed by atoms with Crippen LogP contribution in [0.1, 0.15) is 29.8 Å². The molecule has 1 aliphatic heterocycles. The number of H-pyrrole nitrogens is 1. The number of hydrogen-bond donors (Lipinski definition) is 2. The van der Waals surface area contributed by atoms with Crippen molar-refractivity contribution in [1.82, 2.24) is 14.9 Å². The molecule has 7 heteroatoms. The van der Waals surface area contributed by atoms with Gasteiger partial charge in [-0.1, -0.05) is 30.3 Å². The fraction of sp³-hybridized carbons (Fsp3) is 0.286. The van der Waals surface area contributed by atoms with E-state index in [-0.39, 0.29) is 5.91 Å². The molecular weight excluding hydrogens is 438 g/mol. The molecule has 2 aromatic heterocycles. The Morgan fingerprint density at radius 3 is 2.63 bits per heavy atom. The number of rotatable bonds is 7. The predicted octanol–water partition coefficient (Wildman–Crippen LogP) is 4.92. The van der Waals surface area contributed by atoms with Crippen LogP contribution in [0, 0.1) is 0 Å². The van der Waals surface area contributed by atoms with Crippen molar-refractivity contribution in [1.29, 1.82) is 0 Å². The summed E-state index contributed by atoms with van der Waals surface area (Å²) in [7, 11) is 0. The summed E-state index contributed by atoms with van der Waals surface area (Å²) in [5, 5.41) is 4.36. The first-order valence-corrected chi connectivity index (χ1v) is 12.1. The van der Waals surface area contributed by atoms with Gasteiger partial charge in [0.15, 0.2) is 5.82 Å². The lowest BCUT2D eigenvalue weighted by molar-refractivity contribution is 0.0748. The highest BCUT2D eigenvalue weighted by molar-refractivity contribution is 6.07. The molecule has 1 aliphatic rings. The number of hydrogen-bond acceptors (Lipinski definition) is 5. The molecule has 3 heterocycles. The van der Waals surface area contributed by atoms with Gasteiger partial charge in [-0.3, -0.25) is 4.79 Å². The van der Waals surface area contributed by atoms with E-state index in [0.717, 1.165) is 46.8 Å². The van der Waals surface area contributed by atoms with Gasteiger partial charge in [0, 0.05) is 55.5 Å². The third-order valence-electron chi connectivity index (χ3n) is 6.23. The second kappa shape index (κ2) is 10.1. The number of nitrogens with zero attached hydrogens (tertiary/aromatic N) is 3. The number of amides is 1. The topological polar surface area (TPSA) is 73.5 Å². The number of aromatic nitrogens is 2.